The van der Waals surface area contributed by atoms with Crippen molar-refractivity contribution < 1.29 is 17.9 Å². The Labute approximate surface area is 160 Å². The van der Waals surface area contributed by atoms with E-state index < -0.39 is 10.0 Å². The first-order chi connectivity index (χ1) is 13.0. The molecule has 0 saturated carbocycles. The van der Waals surface area contributed by atoms with Crippen LogP contribution in [0.3, 0.4) is 0 Å². The van der Waals surface area contributed by atoms with Gasteiger partial charge in [-0.3, -0.25) is 4.79 Å². The third-order valence-electron chi connectivity index (χ3n) is 4.48. The Hall–Kier alpha value is -2.38. The number of carbonyl (C=O) groups excluding carboxylic acids is 1. The summed E-state index contributed by atoms with van der Waals surface area (Å²) >= 11 is 0. The third kappa shape index (κ3) is 4.87. The van der Waals surface area contributed by atoms with E-state index in [2.05, 4.69) is 10.0 Å². The second-order valence-corrected chi connectivity index (χ2v) is 8.36. The van der Waals surface area contributed by atoms with Gasteiger partial charge >= 0.3 is 0 Å². The van der Waals surface area contributed by atoms with Crippen molar-refractivity contribution in [3.05, 3.63) is 54.1 Å². The van der Waals surface area contributed by atoms with Crippen molar-refractivity contribution in [2.24, 2.45) is 5.92 Å². The molecule has 0 fully saturated rings. The minimum Gasteiger partial charge on any atom is -0.492 e. The number of benzene rings is 2. The van der Waals surface area contributed by atoms with Gasteiger partial charge in [-0.25, -0.2) is 13.1 Å². The van der Waals surface area contributed by atoms with E-state index in [1.165, 1.54) is 12.1 Å². The van der Waals surface area contributed by atoms with E-state index in [0.717, 1.165) is 24.2 Å². The molecular formula is C20H24N2O4S. The second kappa shape index (κ2) is 8.54. The van der Waals surface area contributed by atoms with Gasteiger partial charge in [0, 0.05) is 12.2 Å². The van der Waals surface area contributed by atoms with E-state index in [4.69, 9.17) is 4.74 Å². The second-order valence-electron chi connectivity index (χ2n) is 6.59. The fraction of sp³-hybridized carbons (Fsp3) is 0.350. The van der Waals surface area contributed by atoms with Gasteiger partial charge in [0.1, 0.15) is 12.4 Å². The molecule has 0 saturated heterocycles. The molecule has 1 aliphatic heterocycles. The molecule has 7 heteroatoms. The standard InChI is InChI=1S/C20H24N2O4S/c1-2-3-11-21-27(24,25)18-9-6-8-17(13-18)22-20(23)16-12-15-7-4-5-10-19(15)26-14-16/h4-10,13,16,21H,2-3,11-12,14H2,1H3,(H,22,23). The van der Waals surface area contributed by atoms with Gasteiger partial charge < -0.3 is 10.1 Å². The van der Waals surface area contributed by atoms with Crippen molar-refractivity contribution in [1.29, 1.82) is 0 Å². The lowest BCUT2D eigenvalue weighted by molar-refractivity contribution is -0.121. The zero-order valence-electron chi connectivity index (χ0n) is 15.3. The summed E-state index contributed by atoms with van der Waals surface area (Å²) in [5.74, 6) is 0.314. The van der Waals surface area contributed by atoms with Crippen molar-refractivity contribution in [2.75, 3.05) is 18.5 Å². The number of sulfonamides is 1. The van der Waals surface area contributed by atoms with Crippen LogP contribution in [0.4, 0.5) is 5.69 Å². The summed E-state index contributed by atoms with van der Waals surface area (Å²) in [6.45, 7) is 2.70. The summed E-state index contributed by atoms with van der Waals surface area (Å²) in [5, 5.41) is 2.81. The molecule has 1 atom stereocenters. The van der Waals surface area contributed by atoms with Crippen molar-refractivity contribution in [1.82, 2.24) is 4.72 Å². The maximum atomic E-state index is 12.6. The lowest BCUT2D eigenvalue weighted by atomic mass is 9.96. The Bertz CT molecular complexity index is 912. The molecule has 6 nitrogen and oxygen atoms in total. The lowest BCUT2D eigenvalue weighted by Crippen LogP contribution is -2.32. The molecule has 0 aliphatic carbocycles. The molecular weight excluding hydrogens is 364 g/mol. The average molecular weight is 388 g/mol. The number of nitrogens with one attached hydrogen (secondary N) is 2. The monoisotopic (exact) mass is 388 g/mol. The molecule has 27 heavy (non-hydrogen) atoms. The molecule has 3 rings (SSSR count). The molecule has 2 aromatic carbocycles. The molecule has 144 valence electrons. The van der Waals surface area contributed by atoms with Crippen LogP contribution in [-0.4, -0.2) is 27.5 Å². The number of fused-ring (bicyclic) bond motifs is 1. The molecule has 0 bridgehead atoms. The van der Waals surface area contributed by atoms with Crippen LogP contribution in [0, 0.1) is 5.92 Å². The van der Waals surface area contributed by atoms with E-state index in [-0.39, 0.29) is 16.7 Å². The smallest absolute Gasteiger partial charge is 0.240 e. The summed E-state index contributed by atoms with van der Waals surface area (Å²) in [5.41, 5.74) is 1.46. The molecule has 1 aliphatic rings. The highest BCUT2D eigenvalue weighted by Gasteiger charge is 2.26. The molecule has 2 aromatic rings. The van der Waals surface area contributed by atoms with Gasteiger partial charge in [0.05, 0.1) is 10.8 Å². The number of carbonyl (C=O) groups is 1. The minimum atomic E-state index is -3.58. The zero-order chi connectivity index (χ0) is 19.3. The number of hydrogen-bond donors (Lipinski definition) is 2. The van der Waals surface area contributed by atoms with Crippen molar-refractivity contribution in [3.63, 3.8) is 0 Å². The van der Waals surface area contributed by atoms with Crippen molar-refractivity contribution in [2.45, 2.75) is 31.1 Å². The van der Waals surface area contributed by atoms with Crippen molar-refractivity contribution in [3.8, 4) is 5.75 Å². The Morgan fingerprint density at radius 1 is 1.19 bits per heavy atom. The SMILES string of the molecule is CCCCNS(=O)(=O)c1cccc(NC(=O)C2COc3ccccc3C2)c1. The predicted molar refractivity (Wildman–Crippen MR) is 104 cm³/mol. The number of para-hydroxylation sites is 1. The first kappa shape index (κ1) is 19.4. The van der Waals surface area contributed by atoms with Gasteiger partial charge in [-0.15, -0.1) is 0 Å². The first-order valence-electron chi connectivity index (χ1n) is 9.11. The summed E-state index contributed by atoms with van der Waals surface area (Å²) in [6, 6.07) is 14.0. The summed E-state index contributed by atoms with van der Waals surface area (Å²) < 4.78 is 32.9. The quantitative estimate of drug-likeness (QED) is 0.714. The minimum absolute atomic E-state index is 0.140. The Morgan fingerprint density at radius 3 is 2.81 bits per heavy atom. The topological polar surface area (TPSA) is 84.5 Å². The van der Waals surface area contributed by atoms with E-state index in [9.17, 15) is 13.2 Å². The number of hydrogen-bond acceptors (Lipinski definition) is 4. The van der Waals surface area contributed by atoms with E-state index in [0.29, 0.717) is 25.3 Å². The molecule has 1 heterocycles. The highest BCUT2D eigenvalue weighted by Crippen LogP contribution is 2.27. The molecule has 1 unspecified atom stereocenters. The Morgan fingerprint density at radius 2 is 2.00 bits per heavy atom. The lowest BCUT2D eigenvalue weighted by Gasteiger charge is -2.24. The fourth-order valence-corrected chi connectivity index (χ4v) is 4.07. The third-order valence-corrected chi connectivity index (χ3v) is 5.94. The number of amides is 1. The maximum Gasteiger partial charge on any atom is 0.240 e. The summed E-state index contributed by atoms with van der Waals surface area (Å²) in [4.78, 5) is 12.7. The summed E-state index contributed by atoms with van der Waals surface area (Å²) in [6.07, 6.45) is 2.28. The van der Waals surface area contributed by atoms with Gasteiger partial charge in [0.2, 0.25) is 15.9 Å². The molecule has 1 amide bonds. The van der Waals surface area contributed by atoms with Crippen LogP contribution in [0.15, 0.2) is 53.4 Å². The van der Waals surface area contributed by atoms with Gasteiger partial charge in [0.15, 0.2) is 0 Å². The van der Waals surface area contributed by atoms with Crippen LogP contribution in [0.1, 0.15) is 25.3 Å². The number of unbranched alkanes of at least 4 members (excludes halogenated alkanes) is 1. The normalized spacial score (nSPS) is 16.3. The van der Waals surface area contributed by atoms with Gasteiger partial charge in [-0.1, -0.05) is 37.6 Å². The zero-order valence-corrected chi connectivity index (χ0v) is 16.1. The van der Waals surface area contributed by atoms with Crippen LogP contribution in [0.25, 0.3) is 0 Å². The van der Waals surface area contributed by atoms with E-state index in [1.54, 1.807) is 12.1 Å². The van der Waals surface area contributed by atoms with Crippen LogP contribution < -0.4 is 14.8 Å². The van der Waals surface area contributed by atoms with Gasteiger partial charge in [0.25, 0.3) is 0 Å². The highest BCUT2D eigenvalue weighted by molar-refractivity contribution is 7.89. The number of anilines is 1. The number of ether oxygens (including phenoxy) is 1. The fourth-order valence-electron chi connectivity index (χ4n) is 2.95. The van der Waals surface area contributed by atoms with Crippen LogP contribution in [0.5, 0.6) is 5.75 Å². The largest absolute Gasteiger partial charge is 0.492 e. The maximum absolute atomic E-state index is 12.6. The molecule has 2 N–H and O–H groups in total. The van der Waals surface area contributed by atoms with Crippen LogP contribution in [-0.2, 0) is 21.2 Å². The van der Waals surface area contributed by atoms with E-state index >= 15 is 0 Å². The van der Waals surface area contributed by atoms with Gasteiger partial charge in [-0.2, -0.15) is 0 Å². The Kier molecular flexibility index (Phi) is 6.13. The number of rotatable bonds is 7. The average Bonchev–Trinajstić information content (AvgIpc) is 2.68. The highest BCUT2D eigenvalue weighted by atomic mass is 32.2. The van der Waals surface area contributed by atoms with Crippen molar-refractivity contribution >= 4 is 21.6 Å². The Balaban J connectivity index is 1.67. The van der Waals surface area contributed by atoms with Crippen LogP contribution in [0.2, 0.25) is 0 Å². The predicted octanol–water partition coefficient (Wildman–Crippen LogP) is 2.95. The van der Waals surface area contributed by atoms with E-state index in [1.807, 2.05) is 31.2 Å². The molecule has 0 radical (unpaired) electrons. The molecule has 0 spiro atoms. The van der Waals surface area contributed by atoms with Crippen LogP contribution >= 0.6 is 0 Å². The first-order valence-corrected chi connectivity index (χ1v) is 10.6. The summed E-state index contributed by atoms with van der Waals surface area (Å²) in [7, 11) is -3.58. The van der Waals surface area contributed by atoms with Gasteiger partial charge in [-0.05, 0) is 42.7 Å². The molecule has 0 aromatic heterocycles.